The molecule has 2 aromatic rings. The quantitative estimate of drug-likeness (QED) is 0.873. The van der Waals surface area contributed by atoms with E-state index in [1.807, 2.05) is 30.3 Å². The van der Waals surface area contributed by atoms with Gasteiger partial charge in [-0.15, -0.1) is 0 Å². The van der Waals surface area contributed by atoms with Crippen LogP contribution in [-0.4, -0.2) is 28.6 Å². The normalized spacial score (nSPS) is 21.0. The summed E-state index contributed by atoms with van der Waals surface area (Å²) in [7, 11) is 0. The predicted molar refractivity (Wildman–Crippen MR) is 81.8 cm³/mol. The minimum absolute atomic E-state index is 0.0533. The van der Waals surface area contributed by atoms with Gasteiger partial charge in [-0.1, -0.05) is 35.5 Å². The van der Waals surface area contributed by atoms with Crippen molar-refractivity contribution in [2.45, 2.75) is 31.7 Å². The molecule has 1 amide bonds. The fourth-order valence-corrected chi connectivity index (χ4v) is 2.75. The van der Waals surface area contributed by atoms with Crippen LogP contribution in [0.5, 0.6) is 0 Å². The molecule has 3 rings (SSSR count). The van der Waals surface area contributed by atoms with Crippen LogP contribution >= 0.6 is 0 Å². The van der Waals surface area contributed by atoms with E-state index in [2.05, 4.69) is 15.5 Å². The SMILES string of the molecule is N[C@H]1CC[C@@H](C(=O)NCCc2nc(-c3ccccc3)no2)C1. The first kappa shape index (κ1) is 14.7. The zero-order chi connectivity index (χ0) is 15.4. The van der Waals surface area contributed by atoms with E-state index in [4.69, 9.17) is 10.3 Å². The Morgan fingerprint density at radius 3 is 2.86 bits per heavy atom. The maximum Gasteiger partial charge on any atom is 0.228 e. The average Bonchev–Trinajstić information content (AvgIpc) is 3.17. The lowest BCUT2D eigenvalue weighted by Crippen LogP contribution is -2.31. The van der Waals surface area contributed by atoms with Crippen molar-refractivity contribution in [3.05, 3.63) is 36.2 Å². The van der Waals surface area contributed by atoms with Crippen molar-refractivity contribution in [3.63, 3.8) is 0 Å². The van der Waals surface area contributed by atoms with E-state index in [1.54, 1.807) is 0 Å². The van der Waals surface area contributed by atoms with E-state index in [-0.39, 0.29) is 17.9 Å². The van der Waals surface area contributed by atoms with Crippen molar-refractivity contribution < 1.29 is 9.32 Å². The van der Waals surface area contributed by atoms with E-state index < -0.39 is 0 Å². The Morgan fingerprint density at radius 2 is 2.14 bits per heavy atom. The van der Waals surface area contributed by atoms with Crippen molar-refractivity contribution >= 4 is 5.91 Å². The number of nitrogens with zero attached hydrogens (tertiary/aromatic N) is 2. The van der Waals surface area contributed by atoms with Crippen LogP contribution in [0.25, 0.3) is 11.4 Å². The molecule has 1 aromatic heterocycles. The molecule has 116 valence electrons. The number of hydrogen-bond acceptors (Lipinski definition) is 5. The molecule has 0 radical (unpaired) electrons. The number of carbonyl (C=O) groups excluding carboxylic acids is 1. The summed E-state index contributed by atoms with van der Waals surface area (Å²) in [5, 5.41) is 6.88. The second-order valence-corrected chi connectivity index (χ2v) is 5.69. The summed E-state index contributed by atoms with van der Waals surface area (Å²) in [6.07, 6.45) is 3.13. The van der Waals surface area contributed by atoms with Gasteiger partial charge in [0.1, 0.15) is 0 Å². The van der Waals surface area contributed by atoms with Crippen molar-refractivity contribution in [2.24, 2.45) is 11.7 Å². The summed E-state index contributed by atoms with van der Waals surface area (Å²) >= 11 is 0. The maximum atomic E-state index is 12.0. The van der Waals surface area contributed by atoms with Crippen LogP contribution in [0.3, 0.4) is 0 Å². The summed E-state index contributed by atoms with van der Waals surface area (Å²) in [5.41, 5.74) is 6.75. The summed E-state index contributed by atoms with van der Waals surface area (Å²) in [6.45, 7) is 0.501. The van der Waals surface area contributed by atoms with Crippen molar-refractivity contribution in [3.8, 4) is 11.4 Å². The fraction of sp³-hybridized carbons (Fsp3) is 0.438. The van der Waals surface area contributed by atoms with E-state index in [0.717, 1.165) is 24.8 Å². The van der Waals surface area contributed by atoms with E-state index in [0.29, 0.717) is 24.7 Å². The molecule has 0 unspecified atom stereocenters. The standard InChI is InChI=1S/C16H20N4O2/c17-13-7-6-12(10-13)16(21)18-9-8-14-19-15(20-22-14)11-4-2-1-3-5-11/h1-5,12-13H,6-10,17H2,(H,18,21)/t12-,13+/m1/s1. The molecule has 1 aliphatic carbocycles. The van der Waals surface area contributed by atoms with E-state index in [1.165, 1.54) is 0 Å². The first-order chi connectivity index (χ1) is 10.7. The molecular weight excluding hydrogens is 280 g/mol. The molecule has 6 nitrogen and oxygen atoms in total. The van der Waals surface area contributed by atoms with Gasteiger partial charge in [-0.25, -0.2) is 0 Å². The molecule has 0 bridgehead atoms. The third-order valence-corrected chi connectivity index (χ3v) is 3.98. The Hall–Kier alpha value is -2.21. The van der Waals surface area contributed by atoms with Crippen LogP contribution in [0, 0.1) is 5.92 Å². The lowest BCUT2D eigenvalue weighted by atomic mass is 10.1. The Morgan fingerprint density at radius 1 is 1.32 bits per heavy atom. The monoisotopic (exact) mass is 300 g/mol. The van der Waals surface area contributed by atoms with Gasteiger partial charge in [0.2, 0.25) is 17.6 Å². The maximum absolute atomic E-state index is 12.0. The van der Waals surface area contributed by atoms with Crippen molar-refractivity contribution in [1.82, 2.24) is 15.5 Å². The first-order valence-electron chi connectivity index (χ1n) is 7.63. The van der Waals surface area contributed by atoms with E-state index in [9.17, 15) is 4.79 Å². The minimum Gasteiger partial charge on any atom is -0.355 e. The second-order valence-electron chi connectivity index (χ2n) is 5.69. The molecule has 1 fully saturated rings. The molecule has 0 spiro atoms. The lowest BCUT2D eigenvalue weighted by Gasteiger charge is -2.09. The third kappa shape index (κ3) is 3.51. The highest BCUT2D eigenvalue weighted by atomic mass is 16.5. The van der Waals surface area contributed by atoms with Crippen LogP contribution in [-0.2, 0) is 11.2 Å². The number of aromatic nitrogens is 2. The van der Waals surface area contributed by atoms with Gasteiger partial charge in [-0.2, -0.15) is 4.98 Å². The first-order valence-corrected chi connectivity index (χ1v) is 7.63. The Bertz CT molecular complexity index is 626. The van der Waals surface area contributed by atoms with Gasteiger partial charge in [0, 0.05) is 30.5 Å². The highest BCUT2D eigenvalue weighted by Gasteiger charge is 2.27. The number of carbonyl (C=O) groups is 1. The van der Waals surface area contributed by atoms with Gasteiger partial charge in [0.25, 0.3) is 0 Å². The minimum atomic E-state index is 0.0533. The highest BCUT2D eigenvalue weighted by molar-refractivity contribution is 5.78. The molecule has 1 aliphatic rings. The molecule has 1 saturated carbocycles. The third-order valence-electron chi connectivity index (χ3n) is 3.98. The number of nitrogens with two attached hydrogens (primary N) is 1. The molecule has 3 N–H and O–H groups in total. The van der Waals surface area contributed by atoms with Crippen LogP contribution in [0.4, 0.5) is 0 Å². The summed E-state index contributed by atoms with van der Waals surface area (Å²) < 4.78 is 5.21. The number of nitrogens with one attached hydrogen (secondary N) is 1. The van der Waals surface area contributed by atoms with E-state index >= 15 is 0 Å². The lowest BCUT2D eigenvalue weighted by molar-refractivity contribution is -0.124. The number of benzene rings is 1. The summed E-state index contributed by atoms with van der Waals surface area (Å²) in [4.78, 5) is 16.3. The van der Waals surface area contributed by atoms with Gasteiger partial charge in [0.15, 0.2) is 0 Å². The van der Waals surface area contributed by atoms with Gasteiger partial charge in [-0.05, 0) is 19.3 Å². The van der Waals surface area contributed by atoms with Crippen LogP contribution in [0.2, 0.25) is 0 Å². The topological polar surface area (TPSA) is 94.0 Å². The highest BCUT2D eigenvalue weighted by Crippen LogP contribution is 2.24. The Kier molecular flexibility index (Phi) is 4.48. The predicted octanol–water partition coefficient (Wildman–Crippen LogP) is 1.52. The molecule has 6 heteroatoms. The van der Waals surface area contributed by atoms with Crippen molar-refractivity contribution in [1.29, 1.82) is 0 Å². The van der Waals surface area contributed by atoms with Crippen LogP contribution in [0.1, 0.15) is 25.2 Å². The van der Waals surface area contributed by atoms with Gasteiger partial charge in [0.05, 0.1) is 0 Å². The molecule has 1 aromatic carbocycles. The van der Waals surface area contributed by atoms with Crippen LogP contribution < -0.4 is 11.1 Å². The van der Waals surface area contributed by atoms with Gasteiger partial charge < -0.3 is 15.6 Å². The molecular formula is C16H20N4O2. The molecule has 2 atom stereocenters. The molecule has 22 heavy (non-hydrogen) atoms. The van der Waals surface area contributed by atoms with Gasteiger partial charge in [-0.3, -0.25) is 4.79 Å². The number of rotatable bonds is 5. The zero-order valence-electron chi connectivity index (χ0n) is 12.4. The summed E-state index contributed by atoms with van der Waals surface area (Å²) in [6, 6.07) is 9.82. The number of amides is 1. The van der Waals surface area contributed by atoms with Crippen molar-refractivity contribution in [2.75, 3.05) is 6.54 Å². The Labute approximate surface area is 129 Å². The smallest absolute Gasteiger partial charge is 0.228 e. The fourth-order valence-electron chi connectivity index (χ4n) is 2.75. The second kappa shape index (κ2) is 6.70. The van der Waals surface area contributed by atoms with Gasteiger partial charge >= 0.3 is 0 Å². The molecule has 0 aliphatic heterocycles. The Balaban J connectivity index is 1.48. The summed E-state index contributed by atoms with van der Waals surface area (Å²) in [5.74, 6) is 1.24. The average molecular weight is 300 g/mol. The molecule has 1 heterocycles. The van der Waals surface area contributed by atoms with Crippen LogP contribution in [0.15, 0.2) is 34.9 Å². The molecule has 0 saturated heterocycles. The largest absolute Gasteiger partial charge is 0.355 e. The number of hydrogen-bond donors (Lipinski definition) is 2. The zero-order valence-corrected chi connectivity index (χ0v) is 12.4.